The molecule has 3 rings (SSSR count). The first-order valence-electron chi connectivity index (χ1n) is 7.14. The molecule has 1 aliphatic rings. The predicted molar refractivity (Wildman–Crippen MR) is 86.9 cm³/mol. The number of amides is 1. The number of benzene rings is 1. The van der Waals surface area contributed by atoms with E-state index in [4.69, 9.17) is 0 Å². The first kappa shape index (κ1) is 16.1. The molecule has 0 atom stereocenters. The van der Waals surface area contributed by atoms with Crippen LogP contribution in [-0.4, -0.2) is 31.7 Å². The standard InChI is InChI=1S/C15H15FN2O3S2/c16-12-6-2-1-5-11(12)13-7-8-14(22-13)15(19)17-23(20,21)18-9-3-4-10-18/h1-2,5-8H,3-4,9-10H2,(H,17,19). The number of hydrogen-bond donors (Lipinski definition) is 1. The third kappa shape index (κ3) is 3.44. The van der Waals surface area contributed by atoms with Gasteiger partial charge in [-0.3, -0.25) is 4.79 Å². The first-order valence-corrected chi connectivity index (χ1v) is 9.40. The average Bonchev–Trinajstić information content (AvgIpc) is 3.19. The van der Waals surface area contributed by atoms with Gasteiger partial charge in [0.15, 0.2) is 0 Å². The Kier molecular flexibility index (Phi) is 4.47. The summed E-state index contributed by atoms with van der Waals surface area (Å²) in [5.41, 5.74) is 0.388. The fourth-order valence-corrected chi connectivity index (χ4v) is 4.63. The molecule has 0 bridgehead atoms. The van der Waals surface area contributed by atoms with Gasteiger partial charge < -0.3 is 0 Å². The van der Waals surface area contributed by atoms with Crippen molar-refractivity contribution in [2.45, 2.75) is 12.8 Å². The van der Waals surface area contributed by atoms with Gasteiger partial charge in [-0.05, 0) is 31.0 Å². The van der Waals surface area contributed by atoms with Gasteiger partial charge in [0.2, 0.25) is 0 Å². The lowest BCUT2D eigenvalue weighted by Gasteiger charge is -2.15. The van der Waals surface area contributed by atoms with Gasteiger partial charge in [-0.2, -0.15) is 12.7 Å². The highest BCUT2D eigenvalue weighted by molar-refractivity contribution is 7.87. The van der Waals surface area contributed by atoms with Crippen molar-refractivity contribution in [2.24, 2.45) is 0 Å². The average molecular weight is 354 g/mol. The maximum absolute atomic E-state index is 13.8. The molecule has 1 saturated heterocycles. The second-order valence-electron chi connectivity index (χ2n) is 5.19. The summed E-state index contributed by atoms with van der Waals surface area (Å²) in [7, 11) is -3.80. The number of thiophene rings is 1. The van der Waals surface area contributed by atoms with E-state index in [1.54, 1.807) is 24.3 Å². The number of nitrogens with zero attached hydrogens (tertiary/aromatic N) is 1. The van der Waals surface area contributed by atoms with E-state index in [2.05, 4.69) is 4.72 Å². The van der Waals surface area contributed by atoms with Crippen molar-refractivity contribution in [3.63, 3.8) is 0 Å². The van der Waals surface area contributed by atoms with Crippen LogP contribution >= 0.6 is 11.3 Å². The highest BCUT2D eigenvalue weighted by Crippen LogP contribution is 2.30. The van der Waals surface area contributed by atoms with Gasteiger partial charge in [0, 0.05) is 23.5 Å². The summed E-state index contributed by atoms with van der Waals surface area (Å²) in [5.74, 6) is -1.07. The minimum Gasteiger partial charge on any atom is -0.267 e. The highest BCUT2D eigenvalue weighted by Gasteiger charge is 2.27. The highest BCUT2D eigenvalue weighted by atomic mass is 32.2. The zero-order valence-electron chi connectivity index (χ0n) is 12.2. The van der Waals surface area contributed by atoms with Crippen LogP contribution in [-0.2, 0) is 10.2 Å². The van der Waals surface area contributed by atoms with Crippen LogP contribution in [0.2, 0.25) is 0 Å². The SMILES string of the molecule is O=C(NS(=O)(=O)N1CCCC1)c1ccc(-c2ccccc2F)s1. The molecule has 0 aliphatic carbocycles. The van der Waals surface area contributed by atoms with Crippen molar-refractivity contribution in [3.8, 4) is 10.4 Å². The van der Waals surface area contributed by atoms with E-state index in [0.29, 0.717) is 23.5 Å². The minimum atomic E-state index is -3.80. The van der Waals surface area contributed by atoms with Gasteiger partial charge in [0.25, 0.3) is 5.91 Å². The molecule has 2 heterocycles. The molecule has 5 nitrogen and oxygen atoms in total. The Morgan fingerprint density at radius 3 is 2.52 bits per heavy atom. The van der Waals surface area contributed by atoms with Gasteiger partial charge >= 0.3 is 10.2 Å². The lowest BCUT2D eigenvalue weighted by molar-refractivity contribution is 0.0983. The molecule has 1 aliphatic heterocycles. The van der Waals surface area contributed by atoms with E-state index in [9.17, 15) is 17.6 Å². The number of carbonyl (C=O) groups excluding carboxylic acids is 1. The van der Waals surface area contributed by atoms with E-state index in [0.717, 1.165) is 24.2 Å². The van der Waals surface area contributed by atoms with Crippen molar-refractivity contribution >= 4 is 27.5 Å². The van der Waals surface area contributed by atoms with E-state index >= 15 is 0 Å². The zero-order chi connectivity index (χ0) is 16.4. The van der Waals surface area contributed by atoms with E-state index in [1.165, 1.54) is 16.4 Å². The van der Waals surface area contributed by atoms with Crippen LogP contribution in [0.4, 0.5) is 4.39 Å². The smallest absolute Gasteiger partial charge is 0.267 e. The first-order chi connectivity index (χ1) is 11.0. The largest absolute Gasteiger partial charge is 0.304 e. The molecule has 0 saturated carbocycles. The van der Waals surface area contributed by atoms with Gasteiger partial charge in [-0.25, -0.2) is 9.11 Å². The van der Waals surface area contributed by atoms with Crippen LogP contribution in [0.25, 0.3) is 10.4 Å². The summed E-state index contributed by atoms with van der Waals surface area (Å²) in [6.07, 6.45) is 1.59. The molecule has 122 valence electrons. The zero-order valence-corrected chi connectivity index (χ0v) is 13.8. The Bertz CT molecular complexity index is 827. The monoisotopic (exact) mass is 354 g/mol. The van der Waals surface area contributed by atoms with Gasteiger partial charge in [0.1, 0.15) is 5.82 Å². The van der Waals surface area contributed by atoms with Crippen molar-refractivity contribution in [2.75, 3.05) is 13.1 Å². The lowest BCUT2D eigenvalue weighted by Crippen LogP contribution is -2.41. The fourth-order valence-electron chi connectivity index (χ4n) is 2.43. The summed E-state index contributed by atoms with van der Waals surface area (Å²) in [5, 5.41) is 0. The van der Waals surface area contributed by atoms with Gasteiger partial charge in [-0.1, -0.05) is 18.2 Å². The van der Waals surface area contributed by atoms with Crippen LogP contribution in [0.5, 0.6) is 0 Å². The second kappa shape index (κ2) is 6.38. The second-order valence-corrected chi connectivity index (χ2v) is 7.94. The van der Waals surface area contributed by atoms with Crippen LogP contribution in [0.1, 0.15) is 22.5 Å². The molecule has 1 fully saturated rings. The summed E-state index contributed by atoms with van der Waals surface area (Å²) in [6, 6.07) is 9.36. The fraction of sp³-hybridized carbons (Fsp3) is 0.267. The number of nitrogens with one attached hydrogen (secondary N) is 1. The maximum Gasteiger partial charge on any atom is 0.304 e. The van der Waals surface area contributed by atoms with Crippen LogP contribution in [0, 0.1) is 5.82 Å². The third-order valence-electron chi connectivity index (χ3n) is 3.60. The van der Waals surface area contributed by atoms with Crippen LogP contribution < -0.4 is 4.72 Å². The Morgan fingerprint density at radius 2 is 1.83 bits per heavy atom. The molecule has 0 unspecified atom stereocenters. The van der Waals surface area contributed by atoms with E-state index in [-0.39, 0.29) is 10.7 Å². The number of rotatable bonds is 4. The molecule has 1 N–H and O–H groups in total. The van der Waals surface area contributed by atoms with Crippen molar-refractivity contribution in [1.29, 1.82) is 0 Å². The lowest BCUT2D eigenvalue weighted by atomic mass is 10.2. The molecular weight excluding hydrogens is 339 g/mol. The van der Waals surface area contributed by atoms with Crippen molar-refractivity contribution in [3.05, 3.63) is 47.1 Å². The van der Waals surface area contributed by atoms with Crippen molar-refractivity contribution < 1.29 is 17.6 Å². The summed E-state index contributed by atoms with van der Waals surface area (Å²) >= 11 is 1.06. The molecule has 2 aromatic rings. The molecule has 0 radical (unpaired) electrons. The van der Waals surface area contributed by atoms with Crippen molar-refractivity contribution in [1.82, 2.24) is 9.03 Å². The van der Waals surface area contributed by atoms with E-state index < -0.39 is 16.1 Å². The molecule has 0 spiro atoms. The van der Waals surface area contributed by atoms with Gasteiger partial charge in [0.05, 0.1) is 4.88 Å². The molecule has 1 aromatic carbocycles. The van der Waals surface area contributed by atoms with Crippen LogP contribution in [0.15, 0.2) is 36.4 Å². The van der Waals surface area contributed by atoms with Crippen LogP contribution in [0.3, 0.4) is 0 Å². The molecule has 1 amide bonds. The minimum absolute atomic E-state index is 0.228. The number of carbonyl (C=O) groups is 1. The van der Waals surface area contributed by atoms with Gasteiger partial charge in [-0.15, -0.1) is 11.3 Å². The normalized spacial score (nSPS) is 15.7. The number of hydrogen-bond acceptors (Lipinski definition) is 4. The predicted octanol–water partition coefficient (Wildman–Crippen LogP) is 2.62. The Labute approximate surface area is 137 Å². The summed E-state index contributed by atoms with van der Waals surface area (Å²) in [6.45, 7) is 0.848. The maximum atomic E-state index is 13.8. The topological polar surface area (TPSA) is 66.5 Å². The molecule has 23 heavy (non-hydrogen) atoms. The quantitative estimate of drug-likeness (QED) is 0.918. The molecule has 1 aromatic heterocycles. The molecular formula is C15H15FN2O3S2. The molecule has 8 heteroatoms. The Hall–Kier alpha value is -1.77. The third-order valence-corrected chi connectivity index (χ3v) is 6.20. The number of halogens is 1. The Morgan fingerprint density at radius 1 is 1.13 bits per heavy atom. The summed E-state index contributed by atoms with van der Waals surface area (Å²) < 4.78 is 41.3. The Balaban J connectivity index is 1.78. The van der Waals surface area contributed by atoms with E-state index in [1.807, 2.05) is 0 Å². The summed E-state index contributed by atoms with van der Waals surface area (Å²) in [4.78, 5) is 12.9.